The van der Waals surface area contributed by atoms with Crippen molar-refractivity contribution in [1.82, 2.24) is 9.29 Å². The summed E-state index contributed by atoms with van der Waals surface area (Å²) >= 11 is 0. The molecule has 0 aliphatic heterocycles. The first-order valence-electron chi connectivity index (χ1n) is 10.2. The number of sulfonamides is 1. The third kappa shape index (κ3) is 4.23. The number of benzene rings is 2. The number of Topliss-reactive ketones (excluding diaryl/α,β-unsaturated/α-hetero) is 1. The summed E-state index contributed by atoms with van der Waals surface area (Å²) in [5.74, 6) is -0.513. The fraction of sp³-hybridized carbons (Fsp3) is 0.318. The highest BCUT2D eigenvalue weighted by atomic mass is 32.2. The molecule has 2 aromatic carbocycles. The van der Waals surface area contributed by atoms with Gasteiger partial charge >= 0.3 is 5.69 Å². The van der Waals surface area contributed by atoms with Crippen molar-refractivity contribution in [1.29, 1.82) is 0 Å². The molecular weight excluding hydrogens is 434 g/mol. The number of rotatable bonds is 9. The molecule has 0 fully saturated rings. The lowest BCUT2D eigenvalue weighted by molar-refractivity contribution is -0.386. The van der Waals surface area contributed by atoms with E-state index in [4.69, 9.17) is 4.74 Å². The lowest BCUT2D eigenvalue weighted by Gasteiger charge is -2.19. The van der Waals surface area contributed by atoms with Crippen LogP contribution in [0, 0.1) is 17.0 Å². The predicted molar refractivity (Wildman–Crippen MR) is 121 cm³/mol. The Labute approximate surface area is 186 Å². The second kappa shape index (κ2) is 9.09. The molecular formula is C22H25N3O6S. The second-order valence-corrected chi connectivity index (χ2v) is 9.21. The topological polar surface area (TPSA) is 123 Å². The number of H-pyrrole nitrogens is 1. The molecule has 0 saturated heterocycles. The number of hydrogen-bond donors (Lipinski definition) is 1. The molecule has 1 N–H and O–H groups in total. The van der Waals surface area contributed by atoms with E-state index in [1.165, 1.54) is 23.4 Å². The molecule has 0 saturated carbocycles. The summed E-state index contributed by atoms with van der Waals surface area (Å²) in [6.07, 6.45) is -1.03. The molecule has 3 aromatic rings. The van der Waals surface area contributed by atoms with Crippen molar-refractivity contribution >= 4 is 32.4 Å². The molecule has 0 amide bonds. The Kier molecular flexibility index (Phi) is 6.65. The molecule has 0 radical (unpaired) electrons. The van der Waals surface area contributed by atoms with Crippen molar-refractivity contribution in [3.8, 4) is 5.75 Å². The van der Waals surface area contributed by atoms with Crippen LogP contribution in [0.4, 0.5) is 5.69 Å². The van der Waals surface area contributed by atoms with E-state index in [1.807, 2.05) is 24.3 Å². The number of carbonyl (C=O) groups excluding carboxylic acids is 1. The molecule has 0 spiro atoms. The van der Waals surface area contributed by atoms with Gasteiger partial charge < -0.3 is 9.72 Å². The SMILES string of the molecule is CCN(CC)S(=O)(=O)c1ccc(O[C@H](C)C(=O)c2c(C)[nH]c3ccccc23)c([N+](=O)[O-])c1. The van der Waals surface area contributed by atoms with Gasteiger partial charge in [0.1, 0.15) is 0 Å². The summed E-state index contributed by atoms with van der Waals surface area (Å²) in [5, 5.41) is 12.4. The summed E-state index contributed by atoms with van der Waals surface area (Å²) in [6, 6.07) is 10.8. The highest BCUT2D eigenvalue weighted by Gasteiger charge is 2.29. The molecule has 1 atom stereocenters. The van der Waals surface area contributed by atoms with Crippen LogP contribution >= 0.6 is 0 Å². The average molecular weight is 460 g/mol. The number of hydrogen-bond acceptors (Lipinski definition) is 6. The number of ketones is 1. The number of ether oxygens (including phenoxy) is 1. The number of nitro groups is 1. The smallest absolute Gasteiger partial charge is 0.312 e. The van der Waals surface area contributed by atoms with Crippen LogP contribution in [0.2, 0.25) is 0 Å². The van der Waals surface area contributed by atoms with Gasteiger partial charge in [-0.2, -0.15) is 4.31 Å². The molecule has 0 bridgehead atoms. The van der Waals surface area contributed by atoms with E-state index in [0.717, 1.165) is 17.0 Å². The number of aryl methyl sites for hydroxylation is 1. The van der Waals surface area contributed by atoms with Crippen LogP contribution < -0.4 is 4.74 Å². The summed E-state index contributed by atoms with van der Waals surface area (Å²) in [4.78, 5) is 27.0. The van der Waals surface area contributed by atoms with E-state index in [1.54, 1.807) is 20.8 Å². The molecule has 0 aliphatic carbocycles. The van der Waals surface area contributed by atoms with Gasteiger partial charge in [0.05, 0.1) is 9.82 Å². The fourth-order valence-corrected chi connectivity index (χ4v) is 5.13. The van der Waals surface area contributed by atoms with E-state index < -0.39 is 26.7 Å². The summed E-state index contributed by atoms with van der Waals surface area (Å²) in [6.45, 7) is 7.13. The molecule has 170 valence electrons. The largest absolute Gasteiger partial charge is 0.475 e. The first kappa shape index (κ1) is 23.4. The van der Waals surface area contributed by atoms with Crippen molar-refractivity contribution in [3.05, 3.63) is 63.8 Å². The average Bonchev–Trinajstić information content (AvgIpc) is 3.09. The minimum absolute atomic E-state index is 0.174. The number of nitro benzene ring substituents is 1. The number of para-hydroxylation sites is 1. The van der Waals surface area contributed by atoms with Crippen LogP contribution in [0.1, 0.15) is 36.8 Å². The van der Waals surface area contributed by atoms with E-state index in [-0.39, 0.29) is 29.5 Å². The van der Waals surface area contributed by atoms with Crippen molar-refractivity contribution in [2.24, 2.45) is 0 Å². The van der Waals surface area contributed by atoms with Gasteiger partial charge in [-0.3, -0.25) is 14.9 Å². The number of fused-ring (bicyclic) bond motifs is 1. The first-order valence-corrected chi connectivity index (χ1v) is 11.6. The lowest BCUT2D eigenvalue weighted by atomic mass is 10.0. The Hall–Kier alpha value is -3.24. The maximum atomic E-state index is 13.1. The van der Waals surface area contributed by atoms with Crippen LogP contribution in [0.3, 0.4) is 0 Å². The van der Waals surface area contributed by atoms with Crippen LogP contribution in [0.15, 0.2) is 47.4 Å². The van der Waals surface area contributed by atoms with Gasteiger partial charge in [-0.25, -0.2) is 8.42 Å². The Bertz CT molecular complexity index is 1280. The normalized spacial score (nSPS) is 12.8. The Morgan fingerprint density at radius 1 is 1.19 bits per heavy atom. The third-order valence-electron chi connectivity index (χ3n) is 5.28. The Morgan fingerprint density at radius 3 is 2.47 bits per heavy atom. The highest BCUT2D eigenvalue weighted by Crippen LogP contribution is 2.32. The number of aromatic nitrogens is 1. The maximum absolute atomic E-state index is 13.1. The monoisotopic (exact) mass is 459 g/mol. The standard InChI is InChI=1S/C22H25N3O6S/c1-5-24(6-2)32(29,30)16-11-12-20(19(13-16)25(27)28)31-15(4)22(26)21-14(3)23-18-10-8-7-9-17(18)21/h7-13,15,23H,5-6H2,1-4H3/t15-/m1/s1. The van der Waals surface area contributed by atoms with Gasteiger partial charge in [0.25, 0.3) is 0 Å². The van der Waals surface area contributed by atoms with Gasteiger partial charge in [-0.05, 0) is 32.0 Å². The first-order chi connectivity index (χ1) is 15.1. The Morgan fingerprint density at radius 2 is 1.84 bits per heavy atom. The van der Waals surface area contributed by atoms with Gasteiger partial charge in [0.2, 0.25) is 15.8 Å². The van der Waals surface area contributed by atoms with Crippen molar-refractivity contribution in [3.63, 3.8) is 0 Å². The quantitative estimate of drug-likeness (QED) is 0.292. The van der Waals surface area contributed by atoms with Crippen molar-refractivity contribution in [2.75, 3.05) is 13.1 Å². The van der Waals surface area contributed by atoms with Gasteiger partial charge in [-0.1, -0.05) is 32.0 Å². The molecule has 10 heteroatoms. The second-order valence-electron chi connectivity index (χ2n) is 7.27. The highest BCUT2D eigenvalue weighted by molar-refractivity contribution is 7.89. The van der Waals surface area contributed by atoms with Crippen LogP contribution in [0.5, 0.6) is 5.75 Å². The molecule has 32 heavy (non-hydrogen) atoms. The van der Waals surface area contributed by atoms with E-state index in [2.05, 4.69) is 4.98 Å². The van der Waals surface area contributed by atoms with Crippen LogP contribution in [-0.2, 0) is 10.0 Å². The lowest BCUT2D eigenvalue weighted by Crippen LogP contribution is -2.30. The van der Waals surface area contributed by atoms with Crippen molar-refractivity contribution < 1.29 is 22.9 Å². The minimum atomic E-state index is -3.88. The summed E-state index contributed by atoms with van der Waals surface area (Å²) in [5.41, 5.74) is 1.41. The Balaban J connectivity index is 1.95. The molecule has 1 aromatic heterocycles. The van der Waals surface area contributed by atoms with Gasteiger partial charge in [-0.15, -0.1) is 0 Å². The zero-order valence-corrected chi connectivity index (χ0v) is 19.1. The van der Waals surface area contributed by atoms with Crippen LogP contribution in [-0.4, -0.2) is 47.6 Å². The fourth-order valence-electron chi connectivity index (χ4n) is 3.65. The summed E-state index contributed by atoms with van der Waals surface area (Å²) in [7, 11) is -3.88. The predicted octanol–water partition coefficient (Wildman–Crippen LogP) is 4.07. The molecule has 1 heterocycles. The zero-order valence-electron chi connectivity index (χ0n) is 18.3. The molecule has 9 nitrogen and oxygen atoms in total. The van der Waals surface area contributed by atoms with Crippen molar-refractivity contribution in [2.45, 2.75) is 38.7 Å². The summed E-state index contributed by atoms with van der Waals surface area (Å²) < 4.78 is 32.3. The van der Waals surface area contributed by atoms with E-state index in [0.29, 0.717) is 11.3 Å². The number of carbonyl (C=O) groups is 1. The molecule has 3 rings (SSSR count). The van der Waals surface area contributed by atoms with Gasteiger partial charge in [0, 0.05) is 41.3 Å². The number of aromatic amines is 1. The molecule has 0 aliphatic rings. The minimum Gasteiger partial charge on any atom is -0.475 e. The van der Waals surface area contributed by atoms with Gasteiger partial charge in [0.15, 0.2) is 11.9 Å². The molecule has 0 unspecified atom stereocenters. The number of nitrogens with zero attached hydrogens (tertiary/aromatic N) is 2. The van der Waals surface area contributed by atoms with Crippen LogP contribution in [0.25, 0.3) is 10.9 Å². The van der Waals surface area contributed by atoms with E-state index in [9.17, 15) is 23.3 Å². The maximum Gasteiger partial charge on any atom is 0.312 e. The van der Waals surface area contributed by atoms with E-state index >= 15 is 0 Å². The number of nitrogens with one attached hydrogen (secondary N) is 1. The zero-order chi connectivity index (χ0) is 23.6. The third-order valence-corrected chi connectivity index (χ3v) is 7.33.